The lowest BCUT2D eigenvalue weighted by Gasteiger charge is -2.50. The number of aromatic nitrogens is 1. The van der Waals surface area contributed by atoms with Crippen LogP contribution in [0.2, 0.25) is 0 Å². The van der Waals surface area contributed by atoms with Crippen LogP contribution in [0.5, 0.6) is 5.75 Å². The lowest BCUT2D eigenvalue weighted by molar-refractivity contribution is -0.146. The third-order valence-corrected chi connectivity index (χ3v) is 5.28. The van der Waals surface area contributed by atoms with E-state index in [9.17, 15) is 4.79 Å². The Morgan fingerprint density at radius 2 is 2.03 bits per heavy atom. The predicted molar refractivity (Wildman–Crippen MR) is 107 cm³/mol. The molecule has 8 heteroatoms. The van der Waals surface area contributed by atoms with Crippen molar-refractivity contribution >= 4 is 18.2 Å². The molecule has 4 rings (SSSR count). The summed E-state index contributed by atoms with van der Waals surface area (Å²) in [6.45, 7) is 3.20. The zero-order chi connectivity index (χ0) is 20.9. The smallest absolute Gasteiger partial charge is 0.290 e. The molecule has 0 aliphatic carbocycles. The number of aryl methyl sites for hydroxylation is 1. The summed E-state index contributed by atoms with van der Waals surface area (Å²) < 4.78 is 11.5. The molecular formula is C21H25N3O5. The van der Waals surface area contributed by atoms with Gasteiger partial charge in [-0.2, -0.15) is 0 Å². The number of nitrogens with zero attached hydrogens (tertiary/aromatic N) is 2. The van der Waals surface area contributed by atoms with E-state index in [1.54, 1.807) is 7.11 Å². The van der Waals surface area contributed by atoms with Crippen molar-refractivity contribution in [2.45, 2.75) is 25.0 Å². The molecule has 0 saturated carbocycles. The number of carbonyl (C=O) groups excluding carboxylic acids is 1. The largest absolute Gasteiger partial charge is 0.493 e. The molecule has 1 amide bonds. The van der Waals surface area contributed by atoms with Gasteiger partial charge in [-0.15, -0.1) is 0 Å². The Morgan fingerprint density at radius 3 is 2.72 bits per heavy atom. The second kappa shape index (κ2) is 8.91. The first-order valence-electron chi connectivity index (χ1n) is 9.36. The standard InChI is InChI=1S/C20H23N3O3.CH2O2/c1-14-8-9-16(25-2)19(21-14)23-11-10-20(15-6-4-3-5-7-15)17(12-23)26-13-18(24)22-20;2-1-3/h3-9,17H,10-13H2,1-2H3,(H,22,24);1H,(H,2,3)/t17-,20+;/m1./s1. The fraction of sp³-hybridized carbons (Fsp3) is 0.381. The molecule has 2 aliphatic rings. The molecule has 2 saturated heterocycles. The normalized spacial score (nSPS) is 23.2. The lowest BCUT2D eigenvalue weighted by atomic mass is 9.77. The van der Waals surface area contributed by atoms with Crippen molar-refractivity contribution in [1.82, 2.24) is 10.3 Å². The number of methoxy groups -OCH3 is 1. The highest BCUT2D eigenvalue weighted by atomic mass is 16.5. The van der Waals surface area contributed by atoms with E-state index < -0.39 is 5.54 Å². The van der Waals surface area contributed by atoms with E-state index in [-0.39, 0.29) is 25.1 Å². The monoisotopic (exact) mass is 399 g/mol. The number of hydrogen-bond donors (Lipinski definition) is 2. The van der Waals surface area contributed by atoms with Crippen LogP contribution < -0.4 is 15.0 Å². The van der Waals surface area contributed by atoms with Crippen LogP contribution in [0.25, 0.3) is 0 Å². The molecule has 154 valence electrons. The first-order valence-corrected chi connectivity index (χ1v) is 9.36. The molecule has 8 nitrogen and oxygen atoms in total. The molecule has 2 atom stereocenters. The van der Waals surface area contributed by atoms with Gasteiger partial charge in [0.15, 0.2) is 11.6 Å². The molecule has 2 N–H and O–H groups in total. The average molecular weight is 399 g/mol. The highest BCUT2D eigenvalue weighted by molar-refractivity contribution is 5.79. The van der Waals surface area contributed by atoms with E-state index in [2.05, 4.69) is 27.3 Å². The van der Waals surface area contributed by atoms with E-state index in [4.69, 9.17) is 19.4 Å². The molecule has 0 spiro atoms. The number of rotatable bonds is 3. The Bertz CT molecular complexity index is 861. The number of morpholine rings is 1. The minimum absolute atomic E-state index is 0.0650. The van der Waals surface area contributed by atoms with Gasteiger partial charge in [0, 0.05) is 18.8 Å². The number of benzene rings is 1. The van der Waals surface area contributed by atoms with Crippen LogP contribution >= 0.6 is 0 Å². The van der Waals surface area contributed by atoms with Crippen LogP contribution in [0.15, 0.2) is 42.5 Å². The number of amides is 1. The fourth-order valence-corrected chi connectivity index (χ4v) is 3.97. The van der Waals surface area contributed by atoms with Crippen molar-refractivity contribution in [3.63, 3.8) is 0 Å². The van der Waals surface area contributed by atoms with Crippen molar-refractivity contribution in [1.29, 1.82) is 0 Å². The van der Waals surface area contributed by atoms with Crippen molar-refractivity contribution in [3.8, 4) is 5.75 Å². The van der Waals surface area contributed by atoms with E-state index >= 15 is 0 Å². The summed E-state index contributed by atoms with van der Waals surface area (Å²) in [6, 6.07) is 14.0. The van der Waals surface area contributed by atoms with Crippen molar-refractivity contribution < 1.29 is 24.2 Å². The van der Waals surface area contributed by atoms with Gasteiger partial charge in [-0.3, -0.25) is 9.59 Å². The molecule has 2 fully saturated rings. The highest BCUT2D eigenvalue weighted by Crippen LogP contribution is 2.39. The van der Waals surface area contributed by atoms with Crippen LogP contribution in [-0.4, -0.2) is 55.4 Å². The fourth-order valence-electron chi connectivity index (χ4n) is 3.97. The van der Waals surface area contributed by atoms with Crippen LogP contribution in [0, 0.1) is 6.92 Å². The van der Waals surface area contributed by atoms with Gasteiger partial charge in [-0.1, -0.05) is 30.3 Å². The summed E-state index contributed by atoms with van der Waals surface area (Å²) >= 11 is 0. The van der Waals surface area contributed by atoms with Gasteiger partial charge in [-0.25, -0.2) is 4.98 Å². The second-order valence-corrected chi connectivity index (χ2v) is 6.97. The Hall–Kier alpha value is -3.13. The summed E-state index contributed by atoms with van der Waals surface area (Å²) in [5, 5.41) is 10.1. The molecular weight excluding hydrogens is 374 g/mol. The Kier molecular flexibility index (Phi) is 6.33. The number of hydrogen-bond acceptors (Lipinski definition) is 6. The van der Waals surface area contributed by atoms with Crippen molar-refractivity contribution in [3.05, 3.63) is 53.7 Å². The Balaban J connectivity index is 0.000000755. The van der Waals surface area contributed by atoms with Gasteiger partial charge >= 0.3 is 0 Å². The maximum Gasteiger partial charge on any atom is 0.290 e. The molecule has 1 aromatic heterocycles. The number of fused-ring (bicyclic) bond motifs is 1. The van der Waals surface area contributed by atoms with Gasteiger partial charge in [0.05, 0.1) is 12.6 Å². The molecule has 0 radical (unpaired) electrons. The van der Waals surface area contributed by atoms with Gasteiger partial charge in [-0.05, 0) is 31.0 Å². The number of carboxylic acid groups (broad SMARTS) is 1. The topological polar surface area (TPSA) is 101 Å². The number of pyridine rings is 1. The van der Waals surface area contributed by atoms with E-state index in [0.29, 0.717) is 6.54 Å². The molecule has 3 heterocycles. The summed E-state index contributed by atoms with van der Waals surface area (Å²) in [4.78, 5) is 27.3. The van der Waals surface area contributed by atoms with Crippen LogP contribution in [-0.2, 0) is 19.9 Å². The maximum absolute atomic E-state index is 12.1. The minimum Gasteiger partial charge on any atom is -0.493 e. The summed E-state index contributed by atoms with van der Waals surface area (Å²) in [5.41, 5.74) is 1.53. The Morgan fingerprint density at radius 1 is 1.31 bits per heavy atom. The number of nitrogens with one attached hydrogen (secondary N) is 1. The number of piperidine rings is 1. The lowest BCUT2D eigenvalue weighted by Crippen LogP contribution is -2.66. The summed E-state index contributed by atoms with van der Waals surface area (Å²) in [7, 11) is 1.66. The SMILES string of the molecule is COc1ccc(C)nc1N1CC[C@@]2(c3ccccc3)NC(=O)CO[C@@H]2C1.O=CO. The predicted octanol–water partition coefficient (Wildman–Crippen LogP) is 1.72. The van der Waals surface area contributed by atoms with Gasteiger partial charge in [0.25, 0.3) is 6.47 Å². The summed E-state index contributed by atoms with van der Waals surface area (Å²) in [5.74, 6) is 1.52. The second-order valence-electron chi connectivity index (χ2n) is 6.97. The molecule has 0 unspecified atom stereocenters. The van der Waals surface area contributed by atoms with E-state index in [1.165, 1.54) is 0 Å². The van der Waals surface area contributed by atoms with Gasteiger partial charge < -0.3 is 24.8 Å². The average Bonchev–Trinajstić information content (AvgIpc) is 2.74. The number of ether oxygens (including phenoxy) is 2. The van der Waals surface area contributed by atoms with Crippen LogP contribution in [0.4, 0.5) is 5.82 Å². The molecule has 2 aromatic rings. The van der Waals surface area contributed by atoms with Crippen molar-refractivity contribution in [2.24, 2.45) is 0 Å². The number of anilines is 1. The zero-order valence-electron chi connectivity index (χ0n) is 16.5. The van der Waals surface area contributed by atoms with Crippen molar-refractivity contribution in [2.75, 3.05) is 31.7 Å². The third kappa shape index (κ3) is 4.17. The van der Waals surface area contributed by atoms with Crippen LogP contribution in [0.1, 0.15) is 17.7 Å². The first kappa shape index (κ1) is 20.6. The molecule has 0 bridgehead atoms. The Labute approximate surface area is 169 Å². The highest BCUT2D eigenvalue weighted by Gasteiger charge is 2.49. The van der Waals surface area contributed by atoms with Gasteiger partial charge in [0.1, 0.15) is 12.7 Å². The minimum atomic E-state index is -0.496. The van der Waals surface area contributed by atoms with E-state index in [1.807, 2.05) is 37.3 Å². The summed E-state index contributed by atoms with van der Waals surface area (Å²) in [6.07, 6.45) is 0.593. The molecule has 29 heavy (non-hydrogen) atoms. The van der Waals surface area contributed by atoms with Gasteiger partial charge in [0.2, 0.25) is 5.91 Å². The van der Waals surface area contributed by atoms with E-state index in [0.717, 1.165) is 35.8 Å². The number of carbonyl (C=O) groups is 2. The quantitative estimate of drug-likeness (QED) is 0.758. The third-order valence-electron chi connectivity index (χ3n) is 5.28. The van der Waals surface area contributed by atoms with Crippen LogP contribution in [0.3, 0.4) is 0 Å². The molecule has 2 aliphatic heterocycles. The zero-order valence-corrected chi connectivity index (χ0v) is 16.5. The molecule has 1 aromatic carbocycles. The first-order chi connectivity index (χ1) is 14.0. The maximum atomic E-state index is 12.1.